The summed E-state index contributed by atoms with van der Waals surface area (Å²) in [5.41, 5.74) is 3.48. The molecule has 0 unspecified atom stereocenters. The van der Waals surface area contributed by atoms with E-state index in [2.05, 4.69) is 26.6 Å². The largest absolute Gasteiger partial charge is 0.496 e. The highest BCUT2D eigenvalue weighted by Crippen LogP contribution is 2.38. The third-order valence-corrected chi connectivity index (χ3v) is 8.38. The first kappa shape index (κ1) is 29.3. The minimum Gasteiger partial charge on any atom is -0.496 e. The van der Waals surface area contributed by atoms with Crippen molar-refractivity contribution in [2.24, 2.45) is 0 Å². The number of aryl methyl sites for hydroxylation is 1. The van der Waals surface area contributed by atoms with Gasteiger partial charge >= 0.3 is 0 Å². The van der Waals surface area contributed by atoms with Gasteiger partial charge in [-0.1, -0.05) is 57.9 Å². The number of hydrogen-bond acceptors (Lipinski definition) is 5. The molecular formula is C33H33BrN4O4. The summed E-state index contributed by atoms with van der Waals surface area (Å²) < 4.78 is 6.68. The van der Waals surface area contributed by atoms with Gasteiger partial charge < -0.3 is 25.2 Å². The van der Waals surface area contributed by atoms with Crippen LogP contribution in [0, 0.1) is 6.92 Å². The Morgan fingerprint density at radius 2 is 1.69 bits per heavy atom. The van der Waals surface area contributed by atoms with Gasteiger partial charge in [0.05, 0.1) is 37.6 Å². The van der Waals surface area contributed by atoms with Crippen molar-refractivity contribution in [3.05, 3.63) is 100 Å². The van der Waals surface area contributed by atoms with Crippen LogP contribution in [-0.4, -0.2) is 50.5 Å². The summed E-state index contributed by atoms with van der Waals surface area (Å²) in [7, 11) is 3.28. The number of para-hydroxylation sites is 2. The van der Waals surface area contributed by atoms with E-state index in [1.54, 1.807) is 43.0 Å². The van der Waals surface area contributed by atoms with E-state index >= 15 is 0 Å². The quantitative estimate of drug-likeness (QED) is 0.293. The van der Waals surface area contributed by atoms with Crippen LogP contribution in [0.1, 0.15) is 28.4 Å². The number of nitrogens with zero attached hydrogens (tertiary/aromatic N) is 2. The molecule has 0 radical (unpaired) electrons. The number of benzene rings is 4. The Labute approximate surface area is 253 Å². The highest BCUT2D eigenvalue weighted by molar-refractivity contribution is 9.10. The molecule has 0 saturated carbocycles. The third kappa shape index (κ3) is 5.62. The Morgan fingerprint density at radius 1 is 0.976 bits per heavy atom. The van der Waals surface area contributed by atoms with Gasteiger partial charge in [0, 0.05) is 15.6 Å². The Hall–Kier alpha value is -4.21. The lowest BCUT2D eigenvalue weighted by Crippen LogP contribution is -2.55. The molecule has 1 heterocycles. The van der Waals surface area contributed by atoms with E-state index in [4.69, 9.17) is 4.74 Å². The van der Waals surface area contributed by atoms with Gasteiger partial charge in [-0.05, 0) is 74.1 Å². The van der Waals surface area contributed by atoms with Crippen LogP contribution in [0.3, 0.4) is 0 Å². The molecule has 9 heteroatoms. The summed E-state index contributed by atoms with van der Waals surface area (Å²) in [4.78, 5) is 44.7. The van der Waals surface area contributed by atoms with Crippen molar-refractivity contribution in [1.29, 1.82) is 0 Å². The van der Waals surface area contributed by atoms with Crippen LogP contribution in [0.25, 0.3) is 10.8 Å². The lowest BCUT2D eigenvalue weighted by molar-refractivity contribution is -0.128. The number of halogens is 1. The molecule has 5 rings (SSSR count). The number of likely N-dealkylation sites (N-methyl/N-ethyl adjacent to an activating group) is 1. The van der Waals surface area contributed by atoms with Gasteiger partial charge in [0.15, 0.2) is 0 Å². The molecule has 216 valence electrons. The van der Waals surface area contributed by atoms with Crippen molar-refractivity contribution in [3.8, 4) is 5.75 Å². The zero-order chi connectivity index (χ0) is 30.0. The molecule has 0 fully saturated rings. The molecule has 4 aromatic rings. The third-order valence-electron chi connectivity index (χ3n) is 7.69. The highest BCUT2D eigenvalue weighted by Gasteiger charge is 2.38. The van der Waals surface area contributed by atoms with Gasteiger partial charge in [-0.25, -0.2) is 0 Å². The van der Waals surface area contributed by atoms with E-state index < -0.39 is 12.1 Å². The van der Waals surface area contributed by atoms with Gasteiger partial charge in [-0.15, -0.1) is 0 Å². The SMILES string of the molecule is CN[C@@H](C)C(=O)N[C@H]1CN(C(=O)c2ccc(C)cc2)c2ccccc2N(Cc2c(OC)ccc3c(Br)cccc23)C1=O. The van der Waals surface area contributed by atoms with Crippen molar-refractivity contribution >= 4 is 55.8 Å². The predicted molar refractivity (Wildman–Crippen MR) is 169 cm³/mol. The minimum atomic E-state index is -0.997. The molecule has 0 saturated heterocycles. The summed E-state index contributed by atoms with van der Waals surface area (Å²) >= 11 is 3.64. The van der Waals surface area contributed by atoms with Crippen molar-refractivity contribution in [2.45, 2.75) is 32.5 Å². The standard InChI is InChI=1S/C33H33BrN4O4/c1-20-12-14-22(15-13-20)32(40)38-19-27(36-31(39)21(2)35-3)33(41)37(28-10-5-6-11-29(28)38)18-25-23-8-7-9-26(34)24(23)16-17-30(25)42-4/h5-17,21,27,35H,18-19H2,1-4H3,(H,36,39)/t21-,27-/m0/s1. The van der Waals surface area contributed by atoms with Crippen LogP contribution in [0.5, 0.6) is 5.75 Å². The molecule has 0 spiro atoms. The topological polar surface area (TPSA) is 91.0 Å². The van der Waals surface area contributed by atoms with Crippen LogP contribution >= 0.6 is 15.9 Å². The minimum absolute atomic E-state index is 0.0283. The summed E-state index contributed by atoms with van der Waals surface area (Å²) in [6.07, 6.45) is 0. The monoisotopic (exact) mass is 628 g/mol. The van der Waals surface area contributed by atoms with Gasteiger partial charge in [0.25, 0.3) is 11.8 Å². The summed E-state index contributed by atoms with van der Waals surface area (Å²) in [5.74, 6) is -0.291. The fraction of sp³-hybridized carbons (Fsp3) is 0.242. The van der Waals surface area contributed by atoms with Crippen molar-refractivity contribution in [3.63, 3.8) is 0 Å². The van der Waals surface area contributed by atoms with E-state index in [-0.39, 0.29) is 30.8 Å². The second-order valence-corrected chi connectivity index (χ2v) is 11.2. The zero-order valence-corrected chi connectivity index (χ0v) is 25.6. The molecule has 2 N–H and O–H groups in total. The molecule has 4 aromatic carbocycles. The zero-order valence-electron chi connectivity index (χ0n) is 24.0. The van der Waals surface area contributed by atoms with E-state index in [0.717, 1.165) is 26.4 Å². The van der Waals surface area contributed by atoms with Gasteiger partial charge in [0.2, 0.25) is 5.91 Å². The van der Waals surface area contributed by atoms with E-state index in [9.17, 15) is 14.4 Å². The van der Waals surface area contributed by atoms with Crippen LogP contribution < -0.4 is 25.2 Å². The highest BCUT2D eigenvalue weighted by atomic mass is 79.9. The number of methoxy groups -OCH3 is 1. The number of fused-ring (bicyclic) bond motifs is 2. The first-order chi connectivity index (χ1) is 20.2. The molecule has 0 aliphatic carbocycles. The molecule has 2 atom stereocenters. The predicted octanol–water partition coefficient (Wildman–Crippen LogP) is 5.21. The van der Waals surface area contributed by atoms with Crippen molar-refractivity contribution < 1.29 is 19.1 Å². The molecule has 8 nitrogen and oxygen atoms in total. The number of nitrogens with one attached hydrogen (secondary N) is 2. The normalized spacial score (nSPS) is 15.6. The smallest absolute Gasteiger partial charge is 0.258 e. The van der Waals surface area contributed by atoms with Gasteiger partial charge in [-0.2, -0.15) is 0 Å². The van der Waals surface area contributed by atoms with Crippen molar-refractivity contribution in [2.75, 3.05) is 30.5 Å². The molecule has 42 heavy (non-hydrogen) atoms. The summed E-state index contributed by atoms with van der Waals surface area (Å²) in [6, 6.07) is 22.9. The summed E-state index contributed by atoms with van der Waals surface area (Å²) in [6.45, 7) is 3.81. The van der Waals surface area contributed by atoms with Crippen LogP contribution in [0.2, 0.25) is 0 Å². The van der Waals surface area contributed by atoms with Crippen molar-refractivity contribution in [1.82, 2.24) is 10.6 Å². The maximum absolute atomic E-state index is 14.4. The molecule has 0 bridgehead atoms. The average Bonchev–Trinajstić information content (AvgIpc) is 3.11. The first-order valence-corrected chi connectivity index (χ1v) is 14.5. The Bertz CT molecular complexity index is 1660. The molecule has 1 aliphatic heterocycles. The average molecular weight is 630 g/mol. The first-order valence-electron chi connectivity index (χ1n) is 13.7. The number of carbonyl (C=O) groups is 3. The number of rotatable bonds is 7. The lowest BCUT2D eigenvalue weighted by atomic mass is 10.0. The van der Waals surface area contributed by atoms with Gasteiger partial charge in [0.1, 0.15) is 11.8 Å². The lowest BCUT2D eigenvalue weighted by Gasteiger charge is -2.27. The van der Waals surface area contributed by atoms with E-state index in [0.29, 0.717) is 22.7 Å². The Morgan fingerprint density at radius 3 is 2.38 bits per heavy atom. The molecule has 1 aliphatic rings. The van der Waals surface area contributed by atoms with E-state index in [1.807, 2.05) is 73.7 Å². The van der Waals surface area contributed by atoms with Crippen LogP contribution in [0.15, 0.2) is 83.3 Å². The molecular weight excluding hydrogens is 596 g/mol. The molecule has 0 aromatic heterocycles. The fourth-order valence-corrected chi connectivity index (χ4v) is 5.70. The van der Waals surface area contributed by atoms with Gasteiger partial charge in [-0.3, -0.25) is 14.4 Å². The fourth-order valence-electron chi connectivity index (χ4n) is 5.20. The number of anilines is 2. The van der Waals surface area contributed by atoms with E-state index in [1.165, 1.54) is 0 Å². The molecule has 3 amide bonds. The number of amides is 3. The second-order valence-electron chi connectivity index (χ2n) is 10.3. The Balaban J connectivity index is 1.66. The Kier molecular flexibility index (Phi) is 8.61. The van der Waals surface area contributed by atoms with Crippen LogP contribution in [-0.2, 0) is 16.1 Å². The second kappa shape index (κ2) is 12.3. The number of carbonyl (C=O) groups excluding carboxylic acids is 3. The maximum Gasteiger partial charge on any atom is 0.258 e. The van der Waals surface area contributed by atoms with Crippen LogP contribution in [0.4, 0.5) is 11.4 Å². The maximum atomic E-state index is 14.4. The number of hydrogen-bond donors (Lipinski definition) is 2. The number of ether oxygens (including phenoxy) is 1. The summed E-state index contributed by atoms with van der Waals surface area (Å²) in [5, 5.41) is 7.73.